The highest BCUT2D eigenvalue weighted by Gasteiger charge is 2.11. The van der Waals surface area contributed by atoms with Crippen molar-refractivity contribution in [1.82, 2.24) is 0 Å². The third-order valence-corrected chi connectivity index (χ3v) is 3.40. The topological polar surface area (TPSA) is 35.2 Å². The van der Waals surface area contributed by atoms with Gasteiger partial charge in [-0.1, -0.05) is 35.3 Å². The molecule has 2 aromatic rings. The van der Waals surface area contributed by atoms with Crippen LogP contribution in [-0.2, 0) is 6.61 Å². The van der Waals surface area contributed by atoms with Gasteiger partial charge < -0.3 is 10.5 Å². The van der Waals surface area contributed by atoms with E-state index in [1.807, 2.05) is 6.92 Å². The lowest BCUT2D eigenvalue weighted by Crippen LogP contribution is -2.08. The van der Waals surface area contributed by atoms with Crippen molar-refractivity contribution < 1.29 is 9.13 Å². The number of halogens is 3. The first-order valence-corrected chi connectivity index (χ1v) is 6.85. The maximum Gasteiger partial charge on any atom is 0.148 e. The Balaban J connectivity index is 2.21. The van der Waals surface area contributed by atoms with E-state index in [9.17, 15) is 4.39 Å². The van der Waals surface area contributed by atoms with Gasteiger partial charge in [-0.2, -0.15) is 0 Å². The zero-order valence-corrected chi connectivity index (χ0v) is 12.4. The number of hydrogen-bond acceptors (Lipinski definition) is 2. The van der Waals surface area contributed by atoms with Crippen molar-refractivity contribution in [3.63, 3.8) is 0 Å². The van der Waals surface area contributed by atoms with Crippen molar-refractivity contribution in [3.8, 4) is 5.75 Å². The first-order chi connectivity index (χ1) is 9.49. The molecule has 5 heteroatoms. The summed E-state index contributed by atoms with van der Waals surface area (Å²) in [7, 11) is 0. The van der Waals surface area contributed by atoms with E-state index >= 15 is 0 Å². The molecular formula is C15H14Cl2FNO. The molecule has 0 bridgehead atoms. The Morgan fingerprint density at radius 2 is 2.00 bits per heavy atom. The fourth-order valence-corrected chi connectivity index (χ4v) is 2.20. The Hall–Kier alpha value is -1.29. The van der Waals surface area contributed by atoms with Crippen LogP contribution in [0.5, 0.6) is 5.75 Å². The van der Waals surface area contributed by atoms with Crippen LogP contribution in [0.3, 0.4) is 0 Å². The Labute approximate surface area is 127 Å². The average Bonchev–Trinajstić information content (AvgIpc) is 2.41. The maximum absolute atomic E-state index is 13.8. The van der Waals surface area contributed by atoms with Gasteiger partial charge in [0.15, 0.2) is 0 Å². The molecule has 20 heavy (non-hydrogen) atoms. The molecule has 1 unspecified atom stereocenters. The van der Waals surface area contributed by atoms with Gasteiger partial charge in [0.05, 0.1) is 5.02 Å². The van der Waals surface area contributed by atoms with Crippen LogP contribution in [0.4, 0.5) is 4.39 Å². The van der Waals surface area contributed by atoms with Crippen LogP contribution in [0, 0.1) is 5.82 Å². The predicted octanol–water partition coefficient (Wildman–Crippen LogP) is 4.73. The monoisotopic (exact) mass is 313 g/mol. The summed E-state index contributed by atoms with van der Waals surface area (Å²) < 4.78 is 19.4. The summed E-state index contributed by atoms with van der Waals surface area (Å²) in [5, 5.41) is 0.660. The summed E-state index contributed by atoms with van der Waals surface area (Å²) in [5.41, 5.74) is 7.04. The summed E-state index contributed by atoms with van der Waals surface area (Å²) in [4.78, 5) is 0. The van der Waals surface area contributed by atoms with Crippen LogP contribution >= 0.6 is 23.2 Å². The fraction of sp³-hybridized carbons (Fsp3) is 0.200. The molecule has 0 heterocycles. The van der Waals surface area contributed by atoms with Gasteiger partial charge in [-0.25, -0.2) is 4.39 Å². The first kappa shape index (κ1) is 15.1. The molecular weight excluding hydrogens is 300 g/mol. The molecule has 0 radical (unpaired) electrons. The van der Waals surface area contributed by atoms with E-state index in [0.717, 1.165) is 5.56 Å². The molecule has 106 valence electrons. The fourth-order valence-electron chi connectivity index (χ4n) is 1.82. The molecule has 2 aromatic carbocycles. The third kappa shape index (κ3) is 3.42. The van der Waals surface area contributed by atoms with Gasteiger partial charge in [0.25, 0.3) is 0 Å². The van der Waals surface area contributed by atoms with Crippen LogP contribution in [-0.4, -0.2) is 0 Å². The Kier molecular flexibility index (Phi) is 4.86. The molecule has 0 aliphatic rings. The van der Waals surface area contributed by atoms with Crippen molar-refractivity contribution >= 4 is 23.2 Å². The molecule has 0 saturated heterocycles. The largest absolute Gasteiger partial charge is 0.488 e. The number of rotatable bonds is 4. The molecule has 0 spiro atoms. The lowest BCUT2D eigenvalue weighted by Gasteiger charge is -2.15. The molecule has 1 atom stereocenters. The standard InChI is InChI=1S/C15H14Cl2FNO/c1-9(19)12-7-11(16)5-6-14(12)20-8-10-3-2-4-13(17)15(10)18/h2-7,9H,8,19H2,1H3. The van der Waals surface area contributed by atoms with Gasteiger partial charge >= 0.3 is 0 Å². The van der Waals surface area contributed by atoms with Gasteiger partial charge in [-0.3, -0.25) is 0 Å². The van der Waals surface area contributed by atoms with Crippen molar-refractivity contribution in [2.24, 2.45) is 5.73 Å². The second kappa shape index (κ2) is 6.44. The van der Waals surface area contributed by atoms with Crippen LogP contribution < -0.4 is 10.5 Å². The maximum atomic E-state index is 13.8. The Bertz CT molecular complexity index is 617. The lowest BCUT2D eigenvalue weighted by atomic mass is 10.1. The van der Waals surface area contributed by atoms with Gasteiger partial charge in [-0.05, 0) is 31.2 Å². The van der Waals surface area contributed by atoms with E-state index in [4.69, 9.17) is 33.7 Å². The van der Waals surface area contributed by atoms with Crippen LogP contribution in [0.1, 0.15) is 24.1 Å². The first-order valence-electron chi connectivity index (χ1n) is 6.09. The summed E-state index contributed by atoms with van der Waals surface area (Å²) in [5.74, 6) is 0.120. The van der Waals surface area contributed by atoms with Crippen LogP contribution in [0.25, 0.3) is 0 Å². The van der Waals surface area contributed by atoms with E-state index in [2.05, 4.69) is 0 Å². The molecule has 0 saturated carbocycles. The number of nitrogens with two attached hydrogens (primary N) is 1. The predicted molar refractivity (Wildman–Crippen MR) is 79.8 cm³/mol. The zero-order chi connectivity index (χ0) is 14.7. The molecule has 0 fully saturated rings. The molecule has 2 N–H and O–H groups in total. The van der Waals surface area contributed by atoms with Crippen LogP contribution in [0.2, 0.25) is 10.0 Å². The minimum atomic E-state index is -0.467. The van der Waals surface area contributed by atoms with Gasteiger partial charge in [0.2, 0.25) is 0 Å². The van der Waals surface area contributed by atoms with E-state index in [1.54, 1.807) is 30.3 Å². The number of ether oxygens (including phenoxy) is 1. The lowest BCUT2D eigenvalue weighted by molar-refractivity contribution is 0.295. The van der Waals surface area contributed by atoms with E-state index in [1.165, 1.54) is 6.07 Å². The normalized spacial score (nSPS) is 12.2. The Morgan fingerprint density at radius 3 is 2.70 bits per heavy atom. The van der Waals surface area contributed by atoms with E-state index in [-0.39, 0.29) is 17.7 Å². The van der Waals surface area contributed by atoms with Gasteiger partial charge in [0, 0.05) is 22.2 Å². The summed E-state index contributed by atoms with van der Waals surface area (Å²) in [6.07, 6.45) is 0. The number of benzene rings is 2. The summed E-state index contributed by atoms with van der Waals surface area (Å²) >= 11 is 11.7. The summed E-state index contributed by atoms with van der Waals surface area (Å²) in [6, 6.07) is 9.75. The molecule has 2 nitrogen and oxygen atoms in total. The summed E-state index contributed by atoms with van der Waals surface area (Å²) in [6.45, 7) is 1.91. The highest BCUT2D eigenvalue weighted by molar-refractivity contribution is 6.31. The van der Waals surface area contributed by atoms with Gasteiger partial charge in [0.1, 0.15) is 18.2 Å². The second-order valence-electron chi connectivity index (χ2n) is 4.47. The average molecular weight is 314 g/mol. The minimum Gasteiger partial charge on any atom is -0.488 e. The van der Waals surface area contributed by atoms with Crippen molar-refractivity contribution in [3.05, 3.63) is 63.4 Å². The quantitative estimate of drug-likeness (QED) is 0.885. The molecule has 0 amide bonds. The molecule has 2 rings (SSSR count). The van der Waals surface area contributed by atoms with Crippen molar-refractivity contribution in [2.45, 2.75) is 19.6 Å². The highest BCUT2D eigenvalue weighted by Crippen LogP contribution is 2.28. The minimum absolute atomic E-state index is 0.0771. The highest BCUT2D eigenvalue weighted by atomic mass is 35.5. The smallest absolute Gasteiger partial charge is 0.148 e. The SMILES string of the molecule is CC(N)c1cc(Cl)ccc1OCc1cccc(Cl)c1F. The molecule has 0 aliphatic carbocycles. The zero-order valence-electron chi connectivity index (χ0n) is 10.9. The van der Waals surface area contributed by atoms with Crippen molar-refractivity contribution in [1.29, 1.82) is 0 Å². The van der Waals surface area contributed by atoms with Crippen LogP contribution in [0.15, 0.2) is 36.4 Å². The van der Waals surface area contributed by atoms with Crippen molar-refractivity contribution in [2.75, 3.05) is 0 Å². The number of hydrogen-bond donors (Lipinski definition) is 1. The second-order valence-corrected chi connectivity index (χ2v) is 5.32. The van der Waals surface area contributed by atoms with E-state index < -0.39 is 5.82 Å². The van der Waals surface area contributed by atoms with E-state index in [0.29, 0.717) is 16.3 Å². The third-order valence-electron chi connectivity index (χ3n) is 2.88. The molecule has 0 aliphatic heterocycles. The van der Waals surface area contributed by atoms with Gasteiger partial charge in [-0.15, -0.1) is 0 Å². The Morgan fingerprint density at radius 1 is 1.25 bits per heavy atom. The molecule has 0 aromatic heterocycles.